The molecule has 0 heterocycles. The van der Waals surface area contributed by atoms with Crippen LogP contribution < -0.4 is 0 Å². The van der Waals surface area contributed by atoms with Gasteiger partial charge in [0.25, 0.3) is 0 Å². The van der Waals surface area contributed by atoms with Crippen LogP contribution in [0.4, 0.5) is 0 Å². The van der Waals surface area contributed by atoms with Gasteiger partial charge >= 0.3 is 11.9 Å². The number of thioether (sulfide) groups is 1. The van der Waals surface area contributed by atoms with Crippen molar-refractivity contribution in [3.8, 4) is 0 Å². The Hall–Kier alpha value is -1.04. The normalized spacial score (nSPS) is 11.8. The van der Waals surface area contributed by atoms with E-state index in [0.717, 1.165) is 50.7 Å². The zero-order valence-corrected chi connectivity index (χ0v) is 16.1. The summed E-state index contributed by atoms with van der Waals surface area (Å²) in [7, 11) is 1.40. The van der Waals surface area contributed by atoms with E-state index in [2.05, 4.69) is 4.74 Å². The van der Waals surface area contributed by atoms with Crippen LogP contribution in [0.2, 0.25) is 0 Å². The first-order chi connectivity index (χ1) is 11.5. The molecular formula is C18H32O5S. The van der Waals surface area contributed by atoms with E-state index in [9.17, 15) is 14.4 Å². The molecule has 0 aliphatic rings. The minimum Gasteiger partial charge on any atom is -0.469 e. The van der Waals surface area contributed by atoms with Crippen molar-refractivity contribution in [2.75, 3.05) is 19.5 Å². The summed E-state index contributed by atoms with van der Waals surface area (Å²) in [5, 5.41) is 0.141. The first-order valence-corrected chi connectivity index (χ1v) is 9.83. The lowest BCUT2D eigenvalue weighted by Gasteiger charge is -2.15. The molecule has 0 aromatic rings. The number of ether oxygens (including phenoxy) is 2. The highest BCUT2D eigenvalue weighted by molar-refractivity contribution is 8.13. The monoisotopic (exact) mass is 360 g/mol. The van der Waals surface area contributed by atoms with Crippen LogP contribution in [0.3, 0.4) is 0 Å². The molecule has 0 bridgehead atoms. The van der Waals surface area contributed by atoms with E-state index in [1.807, 2.05) is 6.92 Å². The van der Waals surface area contributed by atoms with E-state index in [4.69, 9.17) is 4.74 Å². The summed E-state index contributed by atoms with van der Waals surface area (Å²) in [5.74, 6) is 0.982. The number of rotatable bonds is 14. The van der Waals surface area contributed by atoms with Crippen molar-refractivity contribution in [2.24, 2.45) is 5.92 Å². The molecule has 6 heteroatoms. The van der Waals surface area contributed by atoms with Gasteiger partial charge in [-0.05, 0) is 38.5 Å². The third-order valence-electron chi connectivity index (χ3n) is 3.79. The number of hydrogen-bond acceptors (Lipinski definition) is 6. The molecule has 0 fully saturated rings. The number of hydrogen-bond donors (Lipinski definition) is 0. The first-order valence-electron chi connectivity index (χ1n) is 8.85. The molecule has 0 saturated carbocycles. The standard InChI is InChI=1S/C18H32O5S/c1-4-23-18(21)12-8-6-5-7-10-16(14-24-15(2)19)11-9-13-17(20)22-3/h16H,4-14H2,1-3H3/t16-/m0/s1. The van der Waals surface area contributed by atoms with Gasteiger partial charge in [0.05, 0.1) is 13.7 Å². The fourth-order valence-electron chi connectivity index (χ4n) is 2.47. The van der Waals surface area contributed by atoms with E-state index >= 15 is 0 Å². The van der Waals surface area contributed by atoms with Crippen molar-refractivity contribution >= 4 is 28.8 Å². The van der Waals surface area contributed by atoms with Crippen LogP contribution in [0, 0.1) is 5.92 Å². The second-order valence-electron chi connectivity index (χ2n) is 5.89. The molecule has 0 N–H and O–H groups in total. The summed E-state index contributed by atoms with van der Waals surface area (Å²) in [4.78, 5) is 33.6. The van der Waals surface area contributed by atoms with Crippen molar-refractivity contribution in [2.45, 2.75) is 71.6 Å². The largest absolute Gasteiger partial charge is 0.469 e. The number of carbonyl (C=O) groups excluding carboxylic acids is 3. The lowest BCUT2D eigenvalue weighted by molar-refractivity contribution is -0.143. The summed E-state index contributed by atoms with van der Waals surface area (Å²) >= 11 is 1.37. The summed E-state index contributed by atoms with van der Waals surface area (Å²) < 4.78 is 9.56. The van der Waals surface area contributed by atoms with Gasteiger partial charge in [0.2, 0.25) is 0 Å². The molecule has 0 aromatic carbocycles. The quantitative estimate of drug-likeness (QED) is 0.343. The first kappa shape index (κ1) is 23.0. The van der Waals surface area contributed by atoms with Crippen molar-refractivity contribution in [3.63, 3.8) is 0 Å². The Morgan fingerprint density at radius 3 is 2.17 bits per heavy atom. The molecule has 24 heavy (non-hydrogen) atoms. The highest BCUT2D eigenvalue weighted by atomic mass is 32.2. The van der Waals surface area contributed by atoms with Crippen LogP contribution in [0.25, 0.3) is 0 Å². The molecule has 0 saturated heterocycles. The second-order valence-corrected chi connectivity index (χ2v) is 7.09. The minimum absolute atomic E-state index is 0.115. The Kier molecular flexibility index (Phi) is 14.8. The van der Waals surface area contributed by atoms with E-state index in [1.165, 1.54) is 18.9 Å². The van der Waals surface area contributed by atoms with E-state index in [0.29, 0.717) is 25.4 Å². The van der Waals surface area contributed by atoms with E-state index in [-0.39, 0.29) is 17.1 Å². The van der Waals surface area contributed by atoms with Crippen molar-refractivity contribution in [1.82, 2.24) is 0 Å². The lowest BCUT2D eigenvalue weighted by atomic mass is 9.96. The summed E-state index contributed by atoms with van der Waals surface area (Å²) in [5.41, 5.74) is 0. The number of esters is 2. The van der Waals surface area contributed by atoms with Crippen LogP contribution >= 0.6 is 11.8 Å². The molecule has 0 radical (unpaired) electrons. The van der Waals surface area contributed by atoms with Gasteiger partial charge in [-0.3, -0.25) is 14.4 Å². The van der Waals surface area contributed by atoms with Crippen molar-refractivity contribution < 1.29 is 23.9 Å². The number of carbonyl (C=O) groups is 3. The van der Waals surface area contributed by atoms with Gasteiger partial charge in [-0.2, -0.15) is 0 Å². The van der Waals surface area contributed by atoms with Gasteiger partial charge in [-0.25, -0.2) is 0 Å². The Labute approximate surface area is 150 Å². The Morgan fingerprint density at radius 2 is 1.54 bits per heavy atom. The summed E-state index contributed by atoms with van der Waals surface area (Å²) in [6.45, 7) is 3.85. The smallest absolute Gasteiger partial charge is 0.305 e. The maximum atomic E-state index is 11.2. The summed E-state index contributed by atoms with van der Waals surface area (Å²) in [6, 6.07) is 0. The van der Waals surface area contributed by atoms with Gasteiger partial charge in [-0.15, -0.1) is 0 Å². The third-order valence-corrected chi connectivity index (χ3v) is 4.84. The molecule has 0 aliphatic carbocycles. The Bertz CT molecular complexity index is 370. The second kappa shape index (κ2) is 15.5. The average molecular weight is 361 g/mol. The van der Waals surface area contributed by atoms with Crippen LogP contribution in [0.5, 0.6) is 0 Å². The van der Waals surface area contributed by atoms with Crippen molar-refractivity contribution in [3.05, 3.63) is 0 Å². The highest BCUT2D eigenvalue weighted by Crippen LogP contribution is 2.22. The molecule has 0 amide bonds. The van der Waals surface area contributed by atoms with Gasteiger partial charge in [0.15, 0.2) is 5.12 Å². The van der Waals surface area contributed by atoms with Gasteiger partial charge in [0.1, 0.15) is 0 Å². The highest BCUT2D eigenvalue weighted by Gasteiger charge is 2.12. The maximum Gasteiger partial charge on any atom is 0.305 e. The topological polar surface area (TPSA) is 69.7 Å². The lowest BCUT2D eigenvalue weighted by Crippen LogP contribution is -2.08. The Morgan fingerprint density at radius 1 is 0.917 bits per heavy atom. The molecular weight excluding hydrogens is 328 g/mol. The molecule has 0 unspecified atom stereocenters. The number of unbranched alkanes of at least 4 members (excludes halogenated alkanes) is 3. The van der Waals surface area contributed by atoms with Crippen LogP contribution in [-0.4, -0.2) is 36.5 Å². The molecule has 0 aromatic heterocycles. The molecule has 0 rings (SSSR count). The zero-order valence-electron chi connectivity index (χ0n) is 15.3. The average Bonchev–Trinajstić information content (AvgIpc) is 2.54. The predicted molar refractivity (Wildman–Crippen MR) is 96.8 cm³/mol. The van der Waals surface area contributed by atoms with E-state index in [1.54, 1.807) is 6.92 Å². The van der Waals surface area contributed by atoms with Crippen molar-refractivity contribution in [1.29, 1.82) is 0 Å². The molecule has 0 spiro atoms. The van der Waals surface area contributed by atoms with Crippen LogP contribution in [0.1, 0.15) is 71.6 Å². The molecule has 1 atom stereocenters. The predicted octanol–water partition coefficient (Wildman–Crippen LogP) is 4.13. The van der Waals surface area contributed by atoms with Gasteiger partial charge in [-0.1, -0.05) is 31.0 Å². The van der Waals surface area contributed by atoms with E-state index < -0.39 is 0 Å². The molecule has 140 valence electrons. The Balaban J connectivity index is 3.88. The maximum absolute atomic E-state index is 11.2. The fraction of sp³-hybridized carbons (Fsp3) is 0.833. The zero-order chi connectivity index (χ0) is 18.2. The number of methoxy groups -OCH3 is 1. The third kappa shape index (κ3) is 14.5. The molecule has 5 nitrogen and oxygen atoms in total. The summed E-state index contributed by atoms with van der Waals surface area (Å²) in [6.07, 6.45) is 7.80. The minimum atomic E-state index is -0.174. The SMILES string of the molecule is CCOC(=O)CCCCCC[C@@H](CCCC(=O)OC)CSC(C)=O. The van der Waals surface area contributed by atoms with Crippen LogP contribution in [0.15, 0.2) is 0 Å². The fourth-order valence-corrected chi connectivity index (χ4v) is 3.28. The van der Waals surface area contributed by atoms with Crippen LogP contribution in [-0.2, 0) is 23.9 Å². The molecule has 0 aliphatic heterocycles. The van der Waals surface area contributed by atoms with Gasteiger partial charge in [0, 0.05) is 25.5 Å². The van der Waals surface area contributed by atoms with Gasteiger partial charge < -0.3 is 9.47 Å².